The average molecular weight is 337 g/mol. The Hall–Kier alpha value is -1.52. The molecule has 1 aromatic heterocycles. The molecule has 3 N–H and O–H groups in total. The summed E-state index contributed by atoms with van der Waals surface area (Å²) < 4.78 is 1.03. The van der Waals surface area contributed by atoms with Crippen LogP contribution in [-0.2, 0) is 0 Å². The third-order valence-corrected chi connectivity index (χ3v) is 3.80. The quantitative estimate of drug-likeness (QED) is 0.641. The van der Waals surface area contributed by atoms with Gasteiger partial charge in [0.05, 0.1) is 21.7 Å². The molecule has 0 aliphatic carbocycles. The van der Waals surface area contributed by atoms with Gasteiger partial charge in [-0.05, 0) is 42.8 Å². The van der Waals surface area contributed by atoms with Gasteiger partial charge >= 0.3 is 0 Å². The molecular weight excluding hydrogens is 326 g/mol. The molecule has 0 unspecified atom stereocenters. The molecule has 0 atom stereocenters. The van der Waals surface area contributed by atoms with Crippen LogP contribution in [0.15, 0.2) is 34.8 Å². The van der Waals surface area contributed by atoms with Gasteiger partial charge in [0.25, 0.3) is 0 Å². The maximum Gasteiger partial charge on any atom is 0.138 e. The Morgan fingerprint density at radius 3 is 2.79 bits per heavy atom. The zero-order chi connectivity index (χ0) is 13.6. The van der Waals surface area contributed by atoms with Crippen molar-refractivity contribution in [3.8, 4) is 11.4 Å². The van der Waals surface area contributed by atoms with Crippen molar-refractivity contribution in [3.05, 3.63) is 45.4 Å². The molecular formula is C14H11BrClN3. The SMILES string of the molecule is Cc1cc(Br)cc2[nH]c(-c3ccc(N)c(Cl)c3)nc12. The molecule has 0 fully saturated rings. The summed E-state index contributed by atoms with van der Waals surface area (Å²) in [6.07, 6.45) is 0. The van der Waals surface area contributed by atoms with Crippen molar-refractivity contribution in [1.82, 2.24) is 9.97 Å². The highest BCUT2D eigenvalue weighted by atomic mass is 79.9. The largest absolute Gasteiger partial charge is 0.398 e. The molecule has 0 bridgehead atoms. The Morgan fingerprint density at radius 1 is 1.26 bits per heavy atom. The maximum atomic E-state index is 6.04. The molecule has 1 heterocycles. The molecule has 0 amide bonds. The van der Waals surface area contributed by atoms with E-state index in [1.54, 1.807) is 6.07 Å². The molecule has 0 radical (unpaired) electrons. The smallest absolute Gasteiger partial charge is 0.138 e. The van der Waals surface area contributed by atoms with Gasteiger partial charge < -0.3 is 10.7 Å². The number of nitrogens with two attached hydrogens (primary N) is 1. The van der Waals surface area contributed by atoms with E-state index >= 15 is 0 Å². The van der Waals surface area contributed by atoms with Gasteiger partial charge in [0.1, 0.15) is 5.82 Å². The second-order valence-electron chi connectivity index (χ2n) is 4.44. The molecule has 3 rings (SSSR count). The van der Waals surface area contributed by atoms with Crippen LogP contribution in [-0.4, -0.2) is 9.97 Å². The number of halogens is 2. The monoisotopic (exact) mass is 335 g/mol. The molecule has 0 saturated heterocycles. The van der Waals surface area contributed by atoms with E-state index in [1.165, 1.54) is 0 Å². The number of aromatic amines is 1. The van der Waals surface area contributed by atoms with Crippen LogP contribution in [0, 0.1) is 6.92 Å². The van der Waals surface area contributed by atoms with Crippen molar-refractivity contribution in [2.75, 3.05) is 5.73 Å². The van der Waals surface area contributed by atoms with Gasteiger partial charge in [-0.2, -0.15) is 0 Å². The fourth-order valence-electron chi connectivity index (χ4n) is 2.06. The lowest BCUT2D eigenvalue weighted by molar-refractivity contribution is 1.33. The van der Waals surface area contributed by atoms with E-state index in [4.69, 9.17) is 17.3 Å². The molecule has 0 spiro atoms. The van der Waals surface area contributed by atoms with Crippen LogP contribution in [0.5, 0.6) is 0 Å². The number of imidazole rings is 1. The lowest BCUT2D eigenvalue weighted by Gasteiger charge is -2.00. The van der Waals surface area contributed by atoms with E-state index in [0.717, 1.165) is 32.5 Å². The first-order chi connectivity index (χ1) is 9.04. The number of nitrogens with zero attached hydrogens (tertiary/aromatic N) is 1. The Kier molecular flexibility index (Phi) is 2.99. The number of hydrogen-bond donors (Lipinski definition) is 2. The summed E-state index contributed by atoms with van der Waals surface area (Å²) in [4.78, 5) is 7.92. The first kappa shape index (κ1) is 12.5. The van der Waals surface area contributed by atoms with E-state index in [2.05, 4.69) is 25.9 Å². The average Bonchev–Trinajstić information content (AvgIpc) is 2.76. The summed E-state index contributed by atoms with van der Waals surface area (Å²) in [6, 6.07) is 9.57. The molecule has 2 aromatic carbocycles. The summed E-state index contributed by atoms with van der Waals surface area (Å²) in [5.41, 5.74) is 10.3. The van der Waals surface area contributed by atoms with Crippen LogP contribution in [0.25, 0.3) is 22.4 Å². The fourth-order valence-corrected chi connectivity index (χ4v) is 2.81. The molecule has 0 saturated carbocycles. The van der Waals surface area contributed by atoms with Crippen molar-refractivity contribution in [3.63, 3.8) is 0 Å². The maximum absolute atomic E-state index is 6.04. The van der Waals surface area contributed by atoms with Gasteiger partial charge in [-0.1, -0.05) is 27.5 Å². The summed E-state index contributed by atoms with van der Waals surface area (Å²) in [6.45, 7) is 2.04. The topological polar surface area (TPSA) is 54.7 Å². The zero-order valence-electron chi connectivity index (χ0n) is 10.2. The Labute approximate surface area is 123 Å². The van der Waals surface area contributed by atoms with Crippen LogP contribution in [0.4, 0.5) is 5.69 Å². The van der Waals surface area contributed by atoms with Crippen molar-refractivity contribution < 1.29 is 0 Å². The normalized spacial score (nSPS) is 11.1. The van der Waals surface area contributed by atoms with Crippen molar-refractivity contribution in [2.24, 2.45) is 0 Å². The number of aromatic nitrogens is 2. The minimum atomic E-state index is 0.538. The van der Waals surface area contributed by atoms with E-state index in [9.17, 15) is 0 Å². The van der Waals surface area contributed by atoms with Crippen molar-refractivity contribution >= 4 is 44.3 Å². The first-order valence-electron chi connectivity index (χ1n) is 5.76. The summed E-state index contributed by atoms with van der Waals surface area (Å²) >= 11 is 9.53. The summed E-state index contributed by atoms with van der Waals surface area (Å²) in [5, 5.41) is 0.538. The van der Waals surface area contributed by atoms with Crippen LogP contribution in [0.3, 0.4) is 0 Å². The zero-order valence-corrected chi connectivity index (χ0v) is 12.5. The Bertz CT molecular complexity index is 780. The molecule has 0 aliphatic heterocycles. The lowest BCUT2D eigenvalue weighted by atomic mass is 10.2. The molecule has 5 heteroatoms. The highest BCUT2D eigenvalue weighted by Crippen LogP contribution is 2.29. The molecule has 19 heavy (non-hydrogen) atoms. The van der Waals surface area contributed by atoms with Gasteiger partial charge in [0.15, 0.2) is 0 Å². The third kappa shape index (κ3) is 2.22. The third-order valence-electron chi connectivity index (χ3n) is 3.02. The number of H-pyrrole nitrogens is 1. The van der Waals surface area contributed by atoms with E-state index in [1.807, 2.05) is 31.2 Å². The molecule has 96 valence electrons. The number of aryl methyl sites for hydroxylation is 1. The second kappa shape index (κ2) is 4.54. The summed E-state index contributed by atoms with van der Waals surface area (Å²) in [5.74, 6) is 0.790. The summed E-state index contributed by atoms with van der Waals surface area (Å²) in [7, 11) is 0. The van der Waals surface area contributed by atoms with Gasteiger partial charge in [0.2, 0.25) is 0 Å². The number of rotatable bonds is 1. The second-order valence-corrected chi connectivity index (χ2v) is 5.76. The first-order valence-corrected chi connectivity index (χ1v) is 6.93. The van der Waals surface area contributed by atoms with E-state index in [0.29, 0.717) is 10.7 Å². The Morgan fingerprint density at radius 2 is 2.05 bits per heavy atom. The van der Waals surface area contributed by atoms with Crippen molar-refractivity contribution in [2.45, 2.75) is 6.92 Å². The lowest BCUT2D eigenvalue weighted by Crippen LogP contribution is -1.87. The predicted molar refractivity (Wildman–Crippen MR) is 83.4 cm³/mol. The highest BCUT2D eigenvalue weighted by Gasteiger charge is 2.09. The molecule has 3 aromatic rings. The van der Waals surface area contributed by atoms with Gasteiger partial charge in [-0.3, -0.25) is 0 Å². The minimum Gasteiger partial charge on any atom is -0.398 e. The number of fused-ring (bicyclic) bond motifs is 1. The van der Waals surface area contributed by atoms with E-state index in [-0.39, 0.29) is 0 Å². The van der Waals surface area contributed by atoms with E-state index < -0.39 is 0 Å². The van der Waals surface area contributed by atoms with Crippen molar-refractivity contribution in [1.29, 1.82) is 0 Å². The standard InChI is InChI=1S/C14H11BrClN3/c1-7-4-9(15)6-12-13(7)19-14(18-12)8-2-3-11(17)10(16)5-8/h2-6H,17H2,1H3,(H,18,19). The van der Waals surface area contributed by atoms with Crippen LogP contribution in [0.1, 0.15) is 5.56 Å². The predicted octanol–water partition coefficient (Wildman–Crippen LogP) is 4.54. The van der Waals surface area contributed by atoms with Crippen LogP contribution >= 0.6 is 27.5 Å². The number of anilines is 1. The van der Waals surface area contributed by atoms with Gasteiger partial charge in [-0.25, -0.2) is 4.98 Å². The molecule has 3 nitrogen and oxygen atoms in total. The van der Waals surface area contributed by atoms with Crippen LogP contribution in [0.2, 0.25) is 5.02 Å². The fraction of sp³-hybridized carbons (Fsp3) is 0.0714. The van der Waals surface area contributed by atoms with Crippen LogP contribution < -0.4 is 5.73 Å². The number of nitrogens with one attached hydrogen (secondary N) is 1. The Balaban J connectivity index is 2.20. The number of nitrogen functional groups attached to an aromatic ring is 1. The van der Waals surface area contributed by atoms with Gasteiger partial charge in [0, 0.05) is 10.0 Å². The van der Waals surface area contributed by atoms with Gasteiger partial charge in [-0.15, -0.1) is 0 Å². The highest BCUT2D eigenvalue weighted by molar-refractivity contribution is 9.10. The molecule has 0 aliphatic rings. The minimum absolute atomic E-state index is 0.538. The number of benzene rings is 2. The number of hydrogen-bond acceptors (Lipinski definition) is 2.